The second-order valence-electron chi connectivity index (χ2n) is 4.20. The van der Waals surface area contributed by atoms with Gasteiger partial charge < -0.3 is 15.4 Å². The van der Waals surface area contributed by atoms with E-state index in [-0.39, 0.29) is 10.9 Å². The summed E-state index contributed by atoms with van der Waals surface area (Å²) in [6, 6.07) is 6.63. The topological polar surface area (TPSA) is 98.7 Å². The van der Waals surface area contributed by atoms with Crippen LogP contribution >= 0.6 is 0 Å². The zero-order chi connectivity index (χ0) is 13.2. The summed E-state index contributed by atoms with van der Waals surface area (Å²) in [5.74, 6) is 0. The van der Waals surface area contributed by atoms with Crippen LogP contribution in [0.15, 0.2) is 29.2 Å². The molecule has 7 heteroatoms. The minimum absolute atomic E-state index is 0.115. The van der Waals surface area contributed by atoms with E-state index in [2.05, 4.69) is 4.90 Å². The molecule has 1 saturated heterocycles. The highest BCUT2D eigenvalue weighted by atomic mass is 32.2. The van der Waals surface area contributed by atoms with Gasteiger partial charge in [-0.05, 0) is 24.3 Å². The Kier molecular flexibility index (Phi) is 3.86. The number of ether oxygens (including phenoxy) is 1. The van der Waals surface area contributed by atoms with E-state index in [1.807, 2.05) is 0 Å². The minimum Gasteiger partial charge on any atom is -0.377 e. The normalized spacial score (nSPS) is 21.0. The van der Waals surface area contributed by atoms with Crippen molar-refractivity contribution in [2.45, 2.75) is 10.9 Å². The first kappa shape index (κ1) is 13.3. The lowest BCUT2D eigenvalue weighted by molar-refractivity contribution is 0.0963. The van der Waals surface area contributed by atoms with Crippen molar-refractivity contribution >= 4 is 15.7 Å². The van der Waals surface area contributed by atoms with Crippen LogP contribution in [-0.2, 0) is 14.8 Å². The Hall–Kier alpha value is -1.15. The third-order valence-electron chi connectivity index (χ3n) is 3.00. The molecular formula is C11H17N3O3S. The largest absolute Gasteiger partial charge is 0.377 e. The number of primary sulfonamides is 1. The third-order valence-corrected chi connectivity index (χ3v) is 3.93. The summed E-state index contributed by atoms with van der Waals surface area (Å²) in [5.41, 5.74) is 6.62. The molecular weight excluding hydrogens is 254 g/mol. The van der Waals surface area contributed by atoms with Crippen LogP contribution in [-0.4, -0.2) is 40.8 Å². The van der Waals surface area contributed by atoms with Crippen molar-refractivity contribution in [1.29, 1.82) is 0 Å². The van der Waals surface area contributed by atoms with Crippen molar-refractivity contribution in [3.63, 3.8) is 0 Å². The maximum absolute atomic E-state index is 11.2. The second-order valence-corrected chi connectivity index (χ2v) is 5.76. The highest BCUT2D eigenvalue weighted by Gasteiger charge is 2.22. The fraction of sp³-hybridized carbons (Fsp3) is 0.455. The molecule has 0 radical (unpaired) electrons. The zero-order valence-electron chi connectivity index (χ0n) is 9.95. The van der Waals surface area contributed by atoms with Gasteiger partial charge in [0.15, 0.2) is 0 Å². The molecule has 1 fully saturated rings. The summed E-state index contributed by atoms with van der Waals surface area (Å²) in [7, 11) is -3.64. The molecule has 1 aliphatic heterocycles. The van der Waals surface area contributed by atoms with E-state index >= 15 is 0 Å². The number of morpholine rings is 1. The lowest BCUT2D eigenvalue weighted by atomic mass is 10.2. The van der Waals surface area contributed by atoms with Crippen LogP contribution in [0.25, 0.3) is 0 Å². The lowest BCUT2D eigenvalue weighted by Gasteiger charge is -2.36. The van der Waals surface area contributed by atoms with E-state index < -0.39 is 10.0 Å². The molecule has 0 aliphatic carbocycles. The molecule has 1 aliphatic rings. The first-order valence-corrected chi connectivity index (χ1v) is 7.24. The molecule has 1 aromatic carbocycles. The van der Waals surface area contributed by atoms with Gasteiger partial charge in [0.2, 0.25) is 10.0 Å². The van der Waals surface area contributed by atoms with E-state index in [4.69, 9.17) is 15.6 Å². The molecule has 4 N–H and O–H groups in total. The fourth-order valence-corrected chi connectivity index (χ4v) is 2.53. The van der Waals surface area contributed by atoms with Crippen molar-refractivity contribution in [3.8, 4) is 0 Å². The second kappa shape index (κ2) is 5.23. The maximum atomic E-state index is 11.2. The number of rotatable bonds is 3. The maximum Gasteiger partial charge on any atom is 0.238 e. The van der Waals surface area contributed by atoms with Gasteiger partial charge in [-0.15, -0.1) is 0 Å². The molecule has 0 bridgehead atoms. The van der Waals surface area contributed by atoms with Crippen molar-refractivity contribution in [2.24, 2.45) is 10.9 Å². The molecule has 1 aromatic rings. The highest BCUT2D eigenvalue weighted by Crippen LogP contribution is 2.21. The molecule has 0 aromatic heterocycles. The zero-order valence-corrected chi connectivity index (χ0v) is 10.8. The minimum atomic E-state index is -3.64. The smallest absolute Gasteiger partial charge is 0.238 e. The summed E-state index contributed by atoms with van der Waals surface area (Å²) >= 11 is 0. The summed E-state index contributed by atoms with van der Waals surface area (Å²) < 4.78 is 27.7. The monoisotopic (exact) mass is 271 g/mol. The molecule has 0 amide bonds. The van der Waals surface area contributed by atoms with Gasteiger partial charge in [-0.2, -0.15) is 0 Å². The summed E-state index contributed by atoms with van der Waals surface area (Å²) in [6.45, 7) is 2.48. The Morgan fingerprint density at radius 3 is 2.56 bits per heavy atom. The Labute approximate surface area is 107 Å². The van der Waals surface area contributed by atoms with Crippen LogP contribution in [0.1, 0.15) is 0 Å². The summed E-state index contributed by atoms with van der Waals surface area (Å²) in [5, 5.41) is 5.06. The Morgan fingerprint density at radius 1 is 1.33 bits per heavy atom. The van der Waals surface area contributed by atoms with Crippen molar-refractivity contribution in [2.75, 3.05) is 31.2 Å². The van der Waals surface area contributed by atoms with Gasteiger partial charge in [-0.3, -0.25) is 0 Å². The van der Waals surface area contributed by atoms with Crippen LogP contribution in [0.2, 0.25) is 0 Å². The van der Waals surface area contributed by atoms with Crippen LogP contribution in [0.3, 0.4) is 0 Å². The Balaban J connectivity index is 2.23. The number of anilines is 1. The van der Waals surface area contributed by atoms with Gasteiger partial charge in [0.25, 0.3) is 0 Å². The van der Waals surface area contributed by atoms with Gasteiger partial charge in [-0.25, -0.2) is 13.6 Å². The lowest BCUT2D eigenvalue weighted by Crippen LogP contribution is -2.49. The van der Waals surface area contributed by atoms with E-state index in [0.29, 0.717) is 19.8 Å². The molecule has 18 heavy (non-hydrogen) atoms. The number of nitrogens with zero attached hydrogens (tertiary/aromatic N) is 1. The van der Waals surface area contributed by atoms with E-state index in [9.17, 15) is 8.42 Å². The number of sulfonamides is 1. The number of nitrogens with two attached hydrogens (primary N) is 2. The highest BCUT2D eigenvalue weighted by molar-refractivity contribution is 7.89. The van der Waals surface area contributed by atoms with Gasteiger partial charge in [0, 0.05) is 18.8 Å². The van der Waals surface area contributed by atoms with E-state index in [1.54, 1.807) is 12.1 Å². The number of benzene rings is 1. The van der Waals surface area contributed by atoms with E-state index in [0.717, 1.165) is 12.2 Å². The quantitative estimate of drug-likeness (QED) is 0.772. The molecule has 1 unspecified atom stereocenters. The SMILES string of the molecule is NCC1COCCN1c1ccc(S(N)(=O)=O)cc1. The van der Waals surface area contributed by atoms with Crippen molar-refractivity contribution in [1.82, 2.24) is 0 Å². The predicted molar refractivity (Wildman–Crippen MR) is 68.8 cm³/mol. The molecule has 2 rings (SSSR count). The average molecular weight is 271 g/mol. The van der Waals surface area contributed by atoms with Crippen LogP contribution in [0, 0.1) is 0 Å². The fourth-order valence-electron chi connectivity index (χ4n) is 2.02. The molecule has 6 nitrogen and oxygen atoms in total. The van der Waals surface area contributed by atoms with Crippen LogP contribution < -0.4 is 15.8 Å². The predicted octanol–water partition coefficient (Wildman–Crippen LogP) is -0.502. The molecule has 1 atom stereocenters. The van der Waals surface area contributed by atoms with Crippen molar-refractivity contribution < 1.29 is 13.2 Å². The molecule has 0 spiro atoms. The average Bonchev–Trinajstić information content (AvgIpc) is 2.38. The van der Waals surface area contributed by atoms with Crippen molar-refractivity contribution in [3.05, 3.63) is 24.3 Å². The van der Waals surface area contributed by atoms with Crippen LogP contribution in [0.4, 0.5) is 5.69 Å². The molecule has 1 heterocycles. The first-order valence-electron chi connectivity index (χ1n) is 5.69. The Bertz CT molecular complexity index is 501. The number of hydrogen-bond donors (Lipinski definition) is 2. The number of hydrogen-bond acceptors (Lipinski definition) is 5. The van der Waals surface area contributed by atoms with Gasteiger partial charge in [-0.1, -0.05) is 0 Å². The van der Waals surface area contributed by atoms with Gasteiger partial charge >= 0.3 is 0 Å². The third kappa shape index (κ3) is 2.81. The van der Waals surface area contributed by atoms with Gasteiger partial charge in [0.1, 0.15) is 0 Å². The molecule has 0 saturated carbocycles. The van der Waals surface area contributed by atoms with Crippen LogP contribution in [0.5, 0.6) is 0 Å². The Morgan fingerprint density at radius 2 is 2.00 bits per heavy atom. The summed E-state index contributed by atoms with van der Waals surface area (Å²) in [6.07, 6.45) is 0. The summed E-state index contributed by atoms with van der Waals surface area (Å²) in [4.78, 5) is 2.24. The molecule has 100 valence electrons. The first-order chi connectivity index (χ1) is 8.52. The standard InChI is InChI=1S/C11H17N3O3S/c12-7-10-8-17-6-5-14(10)9-1-3-11(4-2-9)18(13,15)16/h1-4,10H,5-8,12H2,(H2,13,15,16). The van der Waals surface area contributed by atoms with E-state index in [1.165, 1.54) is 12.1 Å². The van der Waals surface area contributed by atoms with Gasteiger partial charge in [0.05, 0.1) is 24.2 Å².